The van der Waals surface area contributed by atoms with Crippen molar-refractivity contribution in [3.05, 3.63) is 12.2 Å². The Kier molecular flexibility index (Phi) is 11.9. The van der Waals surface area contributed by atoms with Crippen molar-refractivity contribution in [1.82, 2.24) is 0 Å². The molecule has 0 rings (SSSR count). The molecule has 1 radical (unpaired) electrons. The average Bonchev–Trinajstić information content (AvgIpc) is 2.47. The van der Waals surface area contributed by atoms with Crippen LogP contribution in [0.25, 0.3) is 0 Å². The van der Waals surface area contributed by atoms with E-state index in [4.69, 9.17) is 25.6 Å². The number of hydrogen-bond donors (Lipinski definition) is 0. The third kappa shape index (κ3) is 15.3. The van der Waals surface area contributed by atoms with Gasteiger partial charge < -0.3 is 25.6 Å². The number of carbonyl (C=O) groups excluding carboxylic acids is 1. The van der Waals surface area contributed by atoms with Gasteiger partial charge in [-0.25, -0.2) is 4.79 Å². The molecule has 7 nitrogen and oxygen atoms in total. The van der Waals surface area contributed by atoms with Crippen LogP contribution in [0.15, 0.2) is 12.2 Å². The third-order valence-corrected chi connectivity index (χ3v) is 20.1. The highest BCUT2D eigenvalue weighted by Crippen LogP contribution is 2.24. The predicted octanol–water partition coefficient (Wildman–Crippen LogP) is 5.42. The van der Waals surface area contributed by atoms with Gasteiger partial charge in [0.2, 0.25) is 0 Å². The summed E-state index contributed by atoms with van der Waals surface area (Å²) in [6, 6.07) is 0. The quantitative estimate of drug-likeness (QED) is 0.161. The number of hydrogen-bond acceptors (Lipinski definition) is 7. The molecule has 0 aliphatic heterocycles. The van der Waals surface area contributed by atoms with Gasteiger partial charge in [-0.15, -0.1) is 0 Å². The summed E-state index contributed by atoms with van der Waals surface area (Å²) in [5.41, 5.74) is -0.223. The van der Waals surface area contributed by atoms with Gasteiger partial charge in [0.15, 0.2) is 25.0 Å². The second-order valence-corrected chi connectivity index (χ2v) is 34.8. The molecule has 0 heterocycles. The largest absolute Gasteiger partial charge is 0.458 e. The molecule has 189 valence electrons. The Bertz CT molecular complexity index is 640. The zero-order valence-corrected chi connectivity index (χ0v) is 28.8. The summed E-state index contributed by atoms with van der Waals surface area (Å²) in [6.45, 7) is 32.5. The molecule has 2 unspecified atom stereocenters. The summed E-state index contributed by atoms with van der Waals surface area (Å²) in [5.74, 6) is -0.453. The molecular weight excluding hydrogens is 509 g/mol. The van der Waals surface area contributed by atoms with Crippen LogP contribution in [0.5, 0.6) is 0 Å². The maximum absolute atomic E-state index is 12.2. The standard InChI is InChI=1S/C19H47O7Si6/c1-17(2)19(20)22-18(3)27(23-31(13,14)25-29(7,8)9)24-32(15,26-30(10,11)12)16-21-28(4,5)6/h18H,1,16H2,2-15H3. The van der Waals surface area contributed by atoms with Gasteiger partial charge in [0.1, 0.15) is 5.73 Å². The van der Waals surface area contributed by atoms with Gasteiger partial charge in [-0.2, -0.15) is 0 Å². The van der Waals surface area contributed by atoms with Crippen molar-refractivity contribution in [2.24, 2.45) is 0 Å². The molecule has 0 fully saturated rings. The van der Waals surface area contributed by atoms with Crippen LogP contribution in [-0.4, -0.2) is 69.3 Å². The van der Waals surface area contributed by atoms with Crippen molar-refractivity contribution in [3.8, 4) is 0 Å². The zero-order chi connectivity index (χ0) is 25.8. The summed E-state index contributed by atoms with van der Waals surface area (Å²) >= 11 is 0. The molecule has 0 aliphatic carbocycles. The van der Waals surface area contributed by atoms with Crippen LogP contribution in [0, 0.1) is 0 Å². The van der Waals surface area contributed by atoms with E-state index in [9.17, 15) is 4.79 Å². The minimum atomic E-state index is -2.80. The minimum absolute atomic E-state index is 0.341. The topological polar surface area (TPSA) is 72.5 Å². The predicted molar refractivity (Wildman–Crippen MR) is 146 cm³/mol. The molecule has 2 atom stereocenters. The van der Waals surface area contributed by atoms with Crippen LogP contribution in [0.3, 0.4) is 0 Å². The zero-order valence-electron chi connectivity index (χ0n) is 22.8. The van der Waals surface area contributed by atoms with Gasteiger partial charge in [-0.3, -0.25) is 0 Å². The first kappa shape index (κ1) is 32.3. The molecule has 0 aromatic carbocycles. The van der Waals surface area contributed by atoms with Gasteiger partial charge >= 0.3 is 32.4 Å². The van der Waals surface area contributed by atoms with Crippen LogP contribution in [0.1, 0.15) is 13.8 Å². The van der Waals surface area contributed by atoms with Crippen molar-refractivity contribution in [2.45, 2.75) is 98.1 Å². The van der Waals surface area contributed by atoms with Gasteiger partial charge in [-0.05, 0) is 92.4 Å². The van der Waals surface area contributed by atoms with E-state index in [1.807, 2.05) is 26.6 Å². The number of esters is 1. The van der Waals surface area contributed by atoms with Gasteiger partial charge in [0, 0.05) is 5.57 Å². The highest BCUT2D eigenvalue weighted by molar-refractivity contribution is 6.87. The second kappa shape index (κ2) is 11.8. The van der Waals surface area contributed by atoms with Gasteiger partial charge in [0.05, 0.1) is 6.23 Å². The van der Waals surface area contributed by atoms with E-state index in [0.717, 1.165) is 0 Å². The molecule has 0 saturated heterocycles. The van der Waals surface area contributed by atoms with E-state index in [1.54, 1.807) is 6.92 Å². The van der Waals surface area contributed by atoms with Crippen molar-refractivity contribution in [3.63, 3.8) is 0 Å². The Balaban J connectivity index is 5.97. The first-order chi connectivity index (χ1) is 13.9. The second-order valence-electron chi connectivity index (χ2n) is 11.7. The number of carbonyl (C=O) groups is 1. The smallest absolute Gasteiger partial charge is 0.410 e. The van der Waals surface area contributed by atoms with Crippen LogP contribution in [0.4, 0.5) is 0 Å². The molecule has 32 heavy (non-hydrogen) atoms. The molecule has 0 saturated carbocycles. The third-order valence-electron chi connectivity index (χ3n) is 3.47. The summed E-state index contributed by atoms with van der Waals surface area (Å²) in [6.07, 6.45) is 0.419. The van der Waals surface area contributed by atoms with E-state index < -0.39 is 63.1 Å². The fourth-order valence-electron chi connectivity index (χ4n) is 2.78. The Labute approximate surface area is 203 Å². The van der Waals surface area contributed by atoms with E-state index in [1.165, 1.54) is 0 Å². The summed E-state index contributed by atoms with van der Waals surface area (Å²) in [4.78, 5) is 12.2. The Morgan fingerprint density at radius 2 is 1.28 bits per heavy atom. The van der Waals surface area contributed by atoms with E-state index >= 15 is 0 Å². The Morgan fingerprint density at radius 1 is 0.812 bits per heavy atom. The maximum atomic E-state index is 12.2. The minimum Gasteiger partial charge on any atom is -0.458 e. The molecule has 0 N–H and O–H groups in total. The summed E-state index contributed by atoms with van der Waals surface area (Å²) < 4.78 is 38.1. The van der Waals surface area contributed by atoms with Crippen molar-refractivity contribution >= 4 is 57.3 Å². The molecule has 0 bridgehead atoms. The lowest BCUT2D eigenvalue weighted by molar-refractivity contribution is -0.141. The van der Waals surface area contributed by atoms with Crippen molar-refractivity contribution in [2.75, 3.05) is 6.23 Å². The number of ether oxygens (including phenoxy) is 1. The molecule has 0 spiro atoms. The molecule has 0 aliphatic rings. The first-order valence-electron chi connectivity index (χ1n) is 11.1. The molecule has 0 aromatic heterocycles. The molecular formula is C19H47O7Si6. The highest BCUT2D eigenvalue weighted by Gasteiger charge is 2.47. The Morgan fingerprint density at radius 3 is 1.66 bits per heavy atom. The van der Waals surface area contributed by atoms with Crippen LogP contribution < -0.4 is 0 Å². The first-order valence-corrected chi connectivity index (χ1v) is 28.1. The summed E-state index contributed by atoms with van der Waals surface area (Å²) in [7, 11) is -13.0. The lowest BCUT2D eigenvalue weighted by Crippen LogP contribution is -2.60. The lowest BCUT2D eigenvalue weighted by Gasteiger charge is -2.40. The van der Waals surface area contributed by atoms with E-state index in [-0.39, 0.29) is 0 Å². The van der Waals surface area contributed by atoms with Gasteiger partial charge in [0.25, 0.3) is 0 Å². The monoisotopic (exact) mass is 555 g/mol. The van der Waals surface area contributed by atoms with Crippen LogP contribution in [0.2, 0.25) is 78.6 Å². The Hall–Kier alpha value is 0.311. The fourth-order valence-corrected chi connectivity index (χ4v) is 23.9. The fraction of sp³-hybridized carbons (Fsp3) is 0.842. The summed E-state index contributed by atoms with van der Waals surface area (Å²) in [5, 5.41) is 0. The molecule has 13 heteroatoms. The highest BCUT2D eigenvalue weighted by atomic mass is 28.5. The normalized spacial score (nSPS) is 16.6. The van der Waals surface area contributed by atoms with Gasteiger partial charge in [-0.1, -0.05) is 6.58 Å². The van der Waals surface area contributed by atoms with Crippen LogP contribution >= 0.6 is 0 Å². The number of rotatable bonds is 14. The maximum Gasteiger partial charge on any atom is 0.410 e. The van der Waals surface area contributed by atoms with Crippen molar-refractivity contribution in [1.29, 1.82) is 0 Å². The lowest BCUT2D eigenvalue weighted by atomic mass is 10.4. The SMILES string of the molecule is C=C(C)C(=O)OC(C)[Si](O[Si](C)(C)O[Si](C)(C)C)O[Si](C)(CO[Si](C)(C)C)O[Si](C)(C)C. The van der Waals surface area contributed by atoms with E-state index in [0.29, 0.717) is 11.8 Å². The average molecular weight is 556 g/mol. The van der Waals surface area contributed by atoms with Crippen molar-refractivity contribution < 1.29 is 30.4 Å². The molecule has 0 aromatic rings. The van der Waals surface area contributed by atoms with Crippen LogP contribution in [-0.2, 0) is 30.4 Å². The molecule has 0 amide bonds. The van der Waals surface area contributed by atoms with E-state index in [2.05, 4.69) is 65.5 Å².